The van der Waals surface area contributed by atoms with Gasteiger partial charge in [-0.05, 0) is 19.3 Å². The van der Waals surface area contributed by atoms with Gasteiger partial charge in [0.2, 0.25) is 5.91 Å². The summed E-state index contributed by atoms with van der Waals surface area (Å²) in [6.07, 6.45) is 3.48. The topological polar surface area (TPSA) is 80.0 Å². The van der Waals surface area contributed by atoms with Gasteiger partial charge < -0.3 is 10.4 Å². The average molecular weight is 240 g/mol. The van der Waals surface area contributed by atoms with Crippen molar-refractivity contribution < 1.29 is 9.90 Å². The van der Waals surface area contributed by atoms with Crippen molar-refractivity contribution in [2.75, 3.05) is 6.61 Å². The van der Waals surface area contributed by atoms with Crippen molar-refractivity contribution >= 4 is 5.91 Å². The molecule has 0 fully saturated rings. The lowest BCUT2D eigenvalue weighted by molar-refractivity contribution is -0.125. The molecule has 0 bridgehead atoms. The van der Waals surface area contributed by atoms with Gasteiger partial charge in [0.05, 0.1) is 0 Å². The molecule has 17 heavy (non-hydrogen) atoms. The summed E-state index contributed by atoms with van der Waals surface area (Å²) in [7, 11) is 0. The number of hydrogen-bond donors (Lipinski definition) is 2. The molecule has 1 amide bonds. The zero-order valence-corrected chi connectivity index (χ0v) is 10.5. The van der Waals surface area contributed by atoms with Gasteiger partial charge in [-0.25, -0.2) is 9.67 Å². The van der Waals surface area contributed by atoms with Crippen molar-refractivity contribution in [3.05, 3.63) is 12.7 Å². The van der Waals surface area contributed by atoms with Crippen LogP contribution in [0.1, 0.15) is 33.2 Å². The van der Waals surface area contributed by atoms with Crippen LogP contribution in [0.2, 0.25) is 0 Å². The van der Waals surface area contributed by atoms with Crippen LogP contribution in [-0.2, 0) is 4.79 Å². The Morgan fingerprint density at radius 2 is 2.18 bits per heavy atom. The molecule has 2 N–H and O–H groups in total. The Kier molecular flexibility index (Phi) is 5.09. The van der Waals surface area contributed by atoms with Gasteiger partial charge in [-0.1, -0.05) is 13.8 Å². The van der Waals surface area contributed by atoms with Gasteiger partial charge in [-0.3, -0.25) is 4.79 Å². The van der Waals surface area contributed by atoms with Crippen LogP contribution in [0.3, 0.4) is 0 Å². The molecule has 0 radical (unpaired) electrons. The standard InChI is InChI=1S/C11H20N4O2/c1-8(2)10(4-5-16)14-11(17)9(3)15-7-12-6-13-15/h6-10,16H,4-5H2,1-3H3,(H,14,17). The first-order valence-electron chi connectivity index (χ1n) is 5.81. The second-order valence-electron chi connectivity index (χ2n) is 4.42. The van der Waals surface area contributed by atoms with Gasteiger partial charge in [0, 0.05) is 12.6 Å². The predicted octanol–water partition coefficient (Wildman–Crippen LogP) is 0.362. The summed E-state index contributed by atoms with van der Waals surface area (Å²) < 4.78 is 1.51. The fourth-order valence-corrected chi connectivity index (χ4v) is 1.55. The quantitative estimate of drug-likeness (QED) is 0.752. The normalized spacial score (nSPS) is 14.6. The van der Waals surface area contributed by atoms with Crippen molar-refractivity contribution in [3.63, 3.8) is 0 Å². The molecule has 0 aliphatic heterocycles. The van der Waals surface area contributed by atoms with Crippen molar-refractivity contribution in [3.8, 4) is 0 Å². The first-order valence-corrected chi connectivity index (χ1v) is 5.81. The number of aromatic nitrogens is 3. The zero-order chi connectivity index (χ0) is 12.8. The van der Waals surface area contributed by atoms with Crippen LogP contribution in [0.25, 0.3) is 0 Å². The number of rotatable bonds is 6. The molecule has 96 valence electrons. The Balaban J connectivity index is 2.58. The highest BCUT2D eigenvalue weighted by Crippen LogP contribution is 2.09. The van der Waals surface area contributed by atoms with Crippen LogP contribution >= 0.6 is 0 Å². The molecule has 0 saturated heterocycles. The summed E-state index contributed by atoms with van der Waals surface area (Å²) in [6.45, 7) is 5.86. The molecular weight excluding hydrogens is 220 g/mol. The van der Waals surface area contributed by atoms with E-state index < -0.39 is 6.04 Å². The van der Waals surface area contributed by atoms with E-state index in [9.17, 15) is 4.79 Å². The predicted molar refractivity (Wildman–Crippen MR) is 63.2 cm³/mol. The lowest BCUT2D eigenvalue weighted by atomic mass is 10.0. The largest absolute Gasteiger partial charge is 0.396 e. The van der Waals surface area contributed by atoms with Crippen molar-refractivity contribution in [1.82, 2.24) is 20.1 Å². The molecule has 1 rings (SSSR count). The monoisotopic (exact) mass is 240 g/mol. The van der Waals surface area contributed by atoms with Crippen LogP contribution in [-0.4, -0.2) is 38.4 Å². The fourth-order valence-electron chi connectivity index (χ4n) is 1.55. The van der Waals surface area contributed by atoms with E-state index in [1.807, 2.05) is 13.8 Å². The van der Waals surface area contributed by atoms with E-state index in [0.717, 1.165) is 0 Å². The fraction of sp³-hybridized carbons (Fsp3) is 0.727. The third kappa shape index (κ3) is 3.81. The Morgan fingerprint density at radius 1 is 1.47 bits per heavy atom. The Morgan fingerprint density at radius 3 is 2.65 bits per heavy atom. The molecule has 2 unspecified atom stereocenters. The highest BCUT2D eigenvalue weighted by molar-refractivity contribution is 5.80. The number of nitrogens with zero attached hydrogens (tertiary/aromatic N) is 3. The summed E-state index contributed by atoms with van der Waals surface area (Å²) in [5.74, 6) is 0.177. The molecule has 0 aliphatic carbocycles. The molecule has 0 spiro atoms. The second kappa shape index (κ2) is 6.34. The minimum atomic E-state index is -0.391. The van der Waals surface area contributed by atoms with Gasteiger partial charge in [0.1, 0.15) is 18.7 Å². The van der Waals surface area contributed by atoms with Crippen molar-refractivity contribution in [1.29, 1.82) is 0 Å². The third-order valence-corrected chi connectivity index (χ3v) is 2.79. The van der Waals surface area contributed by atoms with Crippen molar-refractivity contribution in [2.45, 2.75) is 39.3 Å². The van der Waals surface area contributed by atoms with Crippen LogP contribution in [0, 0.1) is 5.92 Å². The number of nitrogens with one attached hydrogen (secondary N) is 1. The minimum Gasteiger partial charge on any atom is -0.396 e. The summed E-state index contributed by atoms with van der Waals surface area (Å²) >= 11 is 0. The molecule has 0 aromatic carbocycles. The smallest absolute Gasteiger partial charge is 0.244 e. The summed E-state index contributed by atoms with van der Waals surface area (Å²) in [4.78, 5) is 15.8. The second-order valence-corrected chi connectivity index (χ2v) is 4.42. The maximum atomic E-state index is 11.9. The van der Waals surface area contributed by atoms with Crippen LogP contribution in [0.15, 0.2) is 12.7 Å². The van der Waals surface area contributed by atoms with E-state index in [1.54, 1.807) is 6.92 Å². The molecule has 1 heterocycles. The summed E-state index contributed by atoms with van der Waals surface area (Å²) in [5, 5.41) is 15.8. The highest BCUT2D eigenvalue weighted by Gasteiger charge is 2.21. The Hall–Kier alpha value is -1.43. The molecule has 1 aromatic heterocycles. The molecule has 2 atom stereocenters. The van der Waals surface area contributed by atoms with E-state index in [0.29, 0.717) is 6.42 Å². The van der Waals surface area contributed by atoms with E-state index in [1.165, 1.54) is 17.3 Å². The number of aliphatic hydroxyl groups is 1. The molecule has 6 heteroatoms. The van der Waals surface area contributed by atoms with E-state index in [2.05, 4.69) is 15.4 Å². The molecule has 0 saturated carbocycles. The number of aliphatic hydroxyl groups excluding tert-OH is 1. The van der Waals surface area contributed by atoms with Gasteiger partial charge in [0.25, 0.3) is 0 Å². The molecule has 0 aliphatic rings. The van der Waals surface area contributed by atoms with Crippen molar-refractivity contribution in [2.24, 2.45) is 5.92 Å². The molecule has 1 aromatic rings. The van der Waals surface area contributed by atoms with Crippen LogP contribution < -0.4 is 5.32 Å². The first-order chi connectivity index (χ1) is 8.06. The zero-order valence-electron chi connectivity index (χ0n) is 10.5. The van der Waals surface area contributed by atoms with Gasteiger partial charge >= 0.3 is 0 Å². The maximum absolute atomic E-state index is 11.9. The van der Waals surface area contributed by atoms with E-state index in [4.69, 9.17) is 5.11 Å². The lowest BCUT2D eigenvalue weighted by Gasteiger charge is -2.23. The molecule has 6 nitrogen and oxygen atoms in total. The number of carbonyl (C=O) groups excluding carboxylic acids is 1. The number of hydrogen-bond acceptors (Lipinski definition) is 4. The Bertz CT molecular complexity index is 337. The van der Waals surface area contributed by atoms with Gasteiger partial charge in [-0.15, -0.1) is 0 Å². The summed E-state index contributed by atoms with van der Waals surface area (Å²) in [6, 6.07) is -0.407. The molecular formula is C11H20N4O2. The SMILES string of the molecule is CC(C)C(CCO)NC(=O)C(C)n1cncn1. The maximum Gasteiger partial charge on any atom is 0.244 e. The van der Waals surface area contributed by atoms with Crippen LogP contribution in [0.4, 0.5) is 0 Å². The lowest BCUT2D eigenvalue weighted by Crippen LogP contribution is -2.42. The first kappa shape index (κ1) is 13.6. The average Bonchev–Trinajstić information content (AvgIpc) is 2.80. The Labute approximate surface area is 101 Å². The van der Waals surface area contributed by atoms with E-state index in [-0.39, 0.29) is 24.5 Å². The third-order valence-electron chi connectivity index (χ3n) is 2.79. The van der Waals surface area contributed by atoms with Gasteiger partial charge in [0.15, 0.2) is 0 Å². The van der Waals surface area contributed by atoms with E-state index >= 15 is 0 Å². The number of carbonyl (C=O) groups is 1. The van der Waals surface area contributed by atoms with Crippen LogP contribution in [0.5, 0.6) is 0 Å². The van der Waals surface area contributed by atoms with Gasteiger partial charge in [-0.2, -0.15) is 5.10 Å². The minimum absolute atomic E-state index is 0.0153. The highest BCUT2D eigenvalue weighted by atomic mass is 16.3. The summed E-state index contributed by atoms with van der Waals surface area (Å²) in [5.41, 5.74) is 0. The number of amides is 1.